The van der Waals surface area contributed by atoms with Crippen LogP contribution in [0.3, 0.4) is 0 Å². The first-order chi connectivity index (χ1) is 15.6. The quantitative estimate of drug-likeness (QED) is 0.275. The van der Waals surface area contributed by atoms with Gasteiger partial charge in [0.25, 0.3) is 0 Å². The minimum absolute atomic E-state index is 0.0838. The monoisotopic (exact) mass is 426 g/mol. The van der Waals surface area contributed by atoms with Gasteiger partial charge in [0, 0.05) is 0 Å². The number of para-hydroxylation sites is 2. The van der Waals surface area contributed by atoms with Gasteiger partial charge in [0.15, 0.2) is 0 Å². The van der Waals surface area contributed by atoms with Crippen molar-refractivity contribution in [3.63, 3.8) is 0 Å². The molecule has 1 unspecified atom stereocenters. The van der Waals surface area contributed by atoms with Gasteiger partial charge in [0.2, 0.25) is 11.6 Å². The molecule has 0 fully saturated rings. The average molecular weight is 426 g/mol. The van der Waals surface area contributed by atoms with Crippen LogP contribution >= 0.6 is 0 Å². The van der Waals surface area contributed by atoms with Crippen molar-refractivity contribution in [2.75, 3.05) is 15.8 Å². The molecule has 0 aliphatic carbocycles. The van der Waals surface area contributed by atoms with Crippen LogP contribution in [0.25, 0.3) is 0 Å². The zero-order valence-corrected chi connectivity index (χ0v) is 17.4. The highest BCUT2D eigenvalue weighted by molar-refractivity contribution is 5.75. The highest BCUT2D eigenvalue weighted by Gasteiger charge is 2.26. The maximum absolute atomic E-state index is 12.0. The third-order valence-electron chi connectivity index (χ3n) is 4.90. The van der Waals surface area contributed by atoms with Gasteiger partial charge in [-0.1, -0.05) is 66.7 Å². The van der Waals surface area contributed by atoms with Gasteiger partial charge in [0.05, 0.1) is 22.3 Å². The maximum atomic E-state index is 12.0. The summed E-state index contributed by atoms with van der Waals surface area (Å²) in [6.07, 6.45) is 1.31. The van der Waals surface area contributed by atoms with E-state index in [0.717, 1.165) is 16.9 Å². The van der Waals surface area contributed by atoms with Crippen LogP contribution in [0.15, 0.2) is 97.3 Å². The van der Waals surface area contributed by atoms with Gasteiger partial charge < -0.3 is 5.32 Å². The van der Waals surface area contributed by atoms with Gasteiger partial charge in [-0.25, -0.2) is 9.97 Å². The number of rotatable bonds is 8. The molecule has 0 aliphatic heterocycles. The van der Waals surface area contributed by atoms with Crippen molar-refractivity contribution in [2.45, 2.75) is 13.0 Å². The van der Waals surface area contributed by atoms with Crippen molar-refractivity contribution in [3.05, 3.63) is 113 Å². The van der Waals surface area contributed by atoms with E-state index in [1.165, 1.54) is 6.33 Å². The largest absolute Gasteiger partial charge is 0.358 e. The zero-order chi connectivity index (χ0) is 22.3. The summed E-state index contributed by atoms with van der Waals surface area (Å²) < 4.78 is 0. The Bertz CT molecular complexity index is 1130. The van der Waals surface area contributed by atoms with Crippen molar-refractivity contribution < 1.29 is 4.92 Å². The van der Waals surface area contributed by atoms with Gasteiger partial charge >= 0.3 is 5.69 Å². The summed E-state index contributed by atoms with van der Waals surface area (Å²) in [6, 6.07) is 28.5. The number of benzene rings is 3. The van der Waals surface area contributed by atoms with Crippen LogP contribution < -0.4 is 15.8 Å². The lowest BCUT2D eigenvalue weighted by Gasteiger charge is -2.26. The van der Waals surface area contributed by atoms with Crippen molar-refractivity contribution in [1.29, 1.82) is 0 Å². The predicted octanol–water partition coefficient (Wildman–Crippen LogP) is 5.72. The molecule has 3 aromatic carbocycles. The highest BCUT2D eigenvalue weighted by Crippen LogP contribution is 2.34. The van der Waals surface area contributed by atoms with E-state index in [2.05, 4.69) is 20.7 Å². The summed E-state index contributed by atoms with van der Waals surface area (Å²) >= 11 is 0. The Morgan fingerprint density at radius 3 is 1.84 bits per heavy atom. The number of hydrogen-bond donors (Lipinski definition) is 2. The second-order valence-electron chi connectivity index (χ2n) is 7.07. The van der Waals surface area contributed by atoms with Gasteiger partial charge in [-0.05, 0) is 36.8 Å². The van der Waals surface area contributed by atoms with Crippen LogP contribution in [0.4, 0.5) is 28.7 Å². The number of nitrogens with zero attached hydrogens (tertiary/aromatic N) is 4. The highest BCUT2D eigenvalue weighted by atomic mass is 16.6. The van der Waals surface area contributed by atoms with E-state index in [1.54, 1.807) is 5.01 Å². The normalized spacial score (nSPS) is 11.4. The molecule has 8 nitrogen and oxygen atoms in total. The molecule has 0 aliphatic rings. The number of nitro groups is 1. The van der Waals surface area contributed by atoms with Crippen LogP contribution in [0, 0.1) is 10.1 Å². The molecule has 0 saturated carbocycles. The third kappa shape index (κ3) is 4.65. The first kappa shape index (κ1) is 20.8. The number of nitrogens with one attached hydrogen (secondary N) is 2. The summed E-state index contributed by atoms with van der Waals surface area (Å²) in [7, 11) is 0. The number of aromatic nitrogens is 2. The van der Waals surface area contributed by atoms with Crippen LogP contribution in [-0.2, 0) is 0 Å². The first-order valence-corrected chi connectivity index (χ1v) is 10.1. The van der Waals surface area contributed by atoms with E-state index in [4.69, 9.17) is 0 Å². The Morgan fingerprint density at radius 1 is 0.812 bits per heavy atom. The Kier molecular flexibility index (Phi) is 6.22. The van der Waals surface area contributed by atoms with Gasteiger partial charge in [0.1, 0.15) is 6.33 Å². The molecule has 32 heavy (non-hydrogen) atoms. The van der Waals surface area contributed by atoms with Crippen molar-refractivity contribution in [1.82, 2.24) is 9.97 Å². The molecule has 1 heterocycles. The van der Waals surface area contributed by atoms with Crippen LogP contribution in [-0.4, -0.2) is 14.9 Å². The fourth-order valence-corrected chi connectivity index (χ4v) is 3.31. The van der Waals surface area contributed by atoms with Crippen LogP contribution in [0.5, 0.6) is 0 Å². The third-order valence-corrected chi connectivity index (χ3v) is 4.90. The fourth-order valence-electron chi connectivity index (χ4n) is 3.31. The summed E-state index contributed by atoms with van der Waals surface area (Å²) in [5.74, 6) is 0.227. The average Bonchev–Trinajstić information content (AvgIpc) is 2.84. The van der Waals surface area contributed by atoms with E-state index in [0.29, 0.717) is 0 Å². The lowest BCUT2D eigenvalue weighted by Crippen LogP contribution is -2.26. The SMILES string of the molecule is CC(Nc1ncnc(NN(c2ccccc2)c2ccccc2)c1[N+](=O)[O-])c1ccccc1. The molecule has 4 rings (SSSR count). The molecule has 0 amide bonds. The molecule has 1 aromatic heterocycles. The standard InChI is InChI=1S/C24H22N6O2/c1-18(19-11-5-2-6-12-19)27-23-22(30(31)32)24(26-17-25-23)28-29(20-13-7-3-8-14-20)21-15-9-4-10-16-21/h2-18H,1H3,(H2,25,26,27,28). The molecule has 2 N–H and O–H groups in total. The topological polar surface area (TPSA) is 96.2 Å². The second kappa shape index (κ2) is 9.57. The van der Waals surface area contributed by atoms with Crippen molar-refractivity contribution >= 4 is 28.7 Å². The Labute approximate surface area is 185 Å². The molecule has 0 bridgehead atoms. The summed E-state index contributed by atoms with van der Waals surface area (Å²) in [5.41, 5.74) is 5.49. The molecule has 8 heteroatoms. The fraction of sp³-hybridized carbons (Fsp3) is 0.0833. The molecule has 0 radical (unpaired) electrons. The van der Waals surface area contributed by atoms with E-state index < -0.39 is 4.92 Å². The Balaban J connectivity index is 1.71. The van der Waals surface area contributed by atoms with Gasteiger partial charge in [-0.2, -0.15) is 0 Å². The first-order valence-electron chi connectivity index (χ1n) is 10.1. The summed E-state index contributed by atoms with van der Waals surface area (Å²) in [6.45, 7) is 1.93. The van der Waals surface area contributed by atoms with E-state index >= 15 is 0 Å². The molecule has 0 saturated heterocycles. The van der Waals surface area contributed by atoms with Crippen molar-refractivity contribution in [3.8, 4) is 0 Å². The minimum atomic E-state index is -0.476. The molecule has 4 aromatic rings. The molecular weight excluding hydrogens is 404 g/mol. The summed E-state index contributed by atoms with van der Waals surface area (Å²) in [5, 5.41) is 16.9. The lowest BCUT2D eigenvalue weighted by atomic mass is 10.1. The number of anilines is 4. The van der Waals surface area contributed by atoms with E-state index in [1.807, 2.05) is 97.9 Å². The molecule has 0 spiro atoms. The number of hydrogen-bond acceptors (Lipinski definition) is 7. The maximum Gasteiger partial charge on any atom is 0.354 e. The molecular formula is C24H22N6O2. The van der Waals surface area contributed by atoms with Gasteiger partial charge in [-0.3, -0.25) is 20.5 Å². The molecule has 160 valence electrons. The zero-order valence-electron chi connectivity index (χ0n) is 17.4. The van der Waals surface area contributed by atoms with E-state index in [-0.39, 0.29) is 23.4 Å². The smallest absolute Gasteiger partial charge is 0.354 e. The van der Waals surface area contributed by atoms with E-state index in [9.17, 15) is 10.1 Å². The number of hydrazine groups is 1. The lowest BCUT2D eigenvalue weighted by molar-refractivity contribution is -0.383. The Morgan fingerprint density at radius 2 is 1.31 bits per heavy atom. The minimum Gasteiger partial charge on any atom is -0.358 e. The van der Waals surface area contributed by atoms with Crippen LogP contribution in [0.2, 0.25) is 0 Å². The van der Waals surface area contributed by atoms with Gasteiger partial charge in [-0.15, -0.1) is 0 Å². The predicted molar refractivity (Wildman–Crippen MR) is 126 cm³/mol. The molecule has 1 atom stereocenters. The van der Waals surface area contributed by atoms with Crippen LogP contribution in [0.1, 0.15) is 18.5 Å². The second-order valence-corrected chi connectivity index (χ2v) is 7.07. The Hall–Kier alpha value is -4.46. The summed E-state index contributed by atoms with van der Waals surface area (Å²) in [4.78, 5) is 19.9. The van der Waals surface area contributed by atoms with Crippen molar-refractivity contribution in [2.24, 2.45) is 0 Å².